The molecule has 0 saturated carbocycles. The summed E-state index contributed by atoms with van der Waals surface area (Å²) in [5, 5.41) is 2.76. The van der Waals surface area contributed by atoms with E-state index < -0.39 is 6.10 Å². The van der Waals surface area contributed by atoms with Crippen LogP contribution in [0.25, 0.3) is 0 Å². The van der Waals surface area contributed by atoms with Crippen molar-refractivity contribution in [1.82, 2.24) is 0 Å². The van der Waals surface area contributed by atoms with Crippen molar-refractivity contribution in [2.45, 2.75) is 24.8 Å². The molecular formula is C18H19NO3S. The van der Waals surface area contributed by atoms with Crippen LogP contribution in [0.2, 0.25) is 0 Å². The van der Waals surface area contributed by atoms with Gasteiger partial charge in [-0.15, -0.1) is 11.8 Å². The molecule has 2 aromatic carbocycles. The lowest BCUT2D eigenvalue weighted by Crippen LogP contribution is -2.30. The van der Waals surface area contributed by atoms with Gasteiger partial charge in [-0.2, -0.15) is 0 Å². The fourth-order valence-corrected chi connectivity index (χ4v) is 2.38. The van der Waals surface area contributed by atoms with Gasteiger partial charge in [0.05, 0.1) is 0 Å². The van der Waals surface area contributed by atoms with E-state index in [9.17, 15) is 9.59 Å². The maximum absolute atomic E-state index is 12.2. The van der Waals surface area contributed by atoms with Crippen molar-refractivity contribution < 1.29 is 14.3 Å². The highest BCUT2D eigenvalue weighted by atomic mass is 32.2. The molecule has 0 spiro atoms. The van der Waals surface area contributed by atoms with Crippen molar-refractivity contribution in [3.63, 3.8) is 0 Å². The van der Waals surface area contributed by atoms with Crippen LogP contribution < -0.4 is 10.1 Å². The van der Waals surface area contributed by atoms with Gasteiger partial charge in [-0.3, -0.25) is 9.59 Å². The van der Waals surface area contributed by atoms with Crippen molar-refractivity contribution in [1.29, 1.82) is 0 Å². The fourth-order valence-electron chi connectivity index (χ4n) is 1.97. The zero-order valence-electron chi connectivity index (χ0n) is 13.3. The minimum atomic E-state index is -0.642. The zero-order chi connectivity index (χ0) is 16.8. The lowest BCUT2D eigenvalue weighted by atomic mass is 10.1. The third kappa shape index (κ3) is 4.86. The lowest BCUT2D eigenvalue weighted by molar-refractivity contribution is -0.122. The zero-order valence-corrected chi connectivity index (χ0v) is 14.1. The van der Waals surface area contributed by atoms with Gasteiger partial charge in [0.1, 0.15) is 5.75 Å². The second-order valence-corrected chi connectivity index (χ2v) is 5.94. The number of rotatable bonds is 6. The van der Waals surface area contributed by atoms with E-state index in [1.54, 1.807) is 43.0 Å². The summed E-state index contributed by atoms with van der Waals surface area (Å²) < 4.78 is 5.64. The van der Waals surface area contributed by atoms with E-state index in [0.717, 1.165) is 4.90 Å². The molecule has 120 valence electrons. The first kappa shape index (κ1) is 17.1. The van der Waals surface area contributed by atoms with E-state index in [1.165, 1.54) is 6.92 Å². The summed E-state index contributed by atoms with van der Waals surface area (Å²) in [5.74, 6) is 0.335. The highest BCUT2D eigenvalue weighted by molar-refractivity contribution is 7.98. The molecule has 0 heterocycles. The molecule has 0 saturated heterocycles. The molecule has 0 aliphatic rings. The van der Waals surface area contributed by atoms with E-state index in [1.807, 2.05) is 30.5 Å². The topological polar surface area (TPSA) is 55.4 Å². The number of carbonyl (C=O) groups excluding carboxylic acids is 2. The number of thioether (sulfide) groups is 1. The second-order valence-electron chi connectivity index (χ2n) is 5.06. The Balaban J connectivity index is 1.99. The predicted molar refractivity (Wildman–Crippen MR) is 93.4 cm³/mol. The number of anilines is 1. The third-order valence-electron chi connectivity index (χ3n) is 3.28. The van der Waals surface area contributed by atoms with Crippen molar-refractivity contribution in [2.24, 2.45) is 0 Å². The largest absolute Gasteiger partial charge is 0.481 e. The maximum atomic E-state index is 12.2. The van der Waals surface area contributed by atoms with Crippen LogP contribution in [0.15, 0.2) is 53.4 Å². The van der Waals surface area contributed by atoms with Gasteiger partial charge in [-0.05, 0) is 56.5 Å². The Bertz CT molecular complexity index is 698. The molecule has 0 aliphatic carbocycles. The van der Waals surface area contributed by atoms with E-state index in [-0.39, 0.29) is 11.7 Å². The van der Waals surface area contributed by atoms with Crippen LogP contribution in [0, 0.1) is 0 Å². The first-order chi connectivity index (χ1) is 11.0. The number of hydrogen-bond acceptors (Lipinski definition) is 4. The number of nitrogens with one attached hydrogen (secondary N) is 1. The summed E-state index contributed by atoms with van der Waals surface area (Å²) in [4.78, 5) is 24.7. The molecule has 1 amide bonds. The van der Waals surface area contributed by atoms with Gasteiger partial charge in [0.25, 0.3) is 5.91 Å². The minimum absolute atomic E-state index is 0.0423. The standard InChI is InChI=1S/C18H19NO3S/c1-12(20)14-5-4-6-15(11-14)19-18(21)13(2)22-16-7-9-17(23-3)10-8-16/h4-11,13H,1-3H3,(H,19,21). The molecule has 0 aliphatic heterocycles. The monoisotopic (exact) mass is 329 g/mol. The summed E-state index contributed by atoms with van der Waals surface area (Å²) in [6, 6.07) is 14.4. The number of benzene rings is 2. The van der Waals surface area contributed by atoms with E-state index in [4.69, 9.17) is 4.74 Å². The van der Waals surface area contributed by atoms with Crippen LogP contribution in [-0.2, 0) is 4.79 Å². The quantitative estimate of drug-likeness (QED) is 0.642. The molecule has 2 aromatic rings. The van der Waals surface area contributed by atoms with Gasteiger partial charge in [0.15, 0.2) is 11.9 Å². The van der Waals surface area contributed by atoms with Gasteiger partial charge in [0.2, 0.25) is 0 Å². The summed E-state index contributed by atoms with van der Waals surface area (Å²) in [6.45, 7) is 3.18. The number of ketones is 1. The first-order valence-electron chi connectivity index (χ1n) is 7.22. The highest BCUT2D eigenvalue weighted by Gasteiger charge is 2.15. The Morgan fingerprint density at radius 1 is 1.13 bits per heavy atom. The van der Waals surface area contributed by atoms with Crippen LogP contribution in [-0.4, -0.2) is 24.1 Å². The minimum Gasteiger partial charge on any atom is -0.481 e. The Morgan fingerprint density at radius 2 is 1.83 bits per heavy atom. The molecule has 1 unspecified atom stereocenters. The van der Waals surface area contributed by atoms with Gasteiger partial charge in [-0.1, -0.05) is 12.1 Å². The van der Waals surface area contributed by atoms with Crippen molar-refractivity contribution >= 4 is 29.1 Å². The number of ether oxygens (including phenoxy) is 1. The Kier molecular flexibility index (Phi) is 5.82. The average Bonchev–Trinajstić information content (AvgIpc) is 2.55. The number of amides is 1. The van der Waals surface area contributed by atoms with Gasteiger partial charge < -0.3 is 10.1 Å². The Morgan fingerprint density at radius 3 is 2.43 bits per heavy atom. The number of Topliss-reactive ketones (excluding diaryl/α,β-unsaturated/α-hetero) is 1. The van der Waals surface area contributed by atoms with Crippen molar-refractivity contribution in [3.8, 4) is 5.75 Å². The van der Waals surface area contributed by atoms with Crippen molar-refractivity contribution in [2.75, 3.05) is 11.6 Å². The van der Waals surface area contributed by atoms with Crippen LogP contribution in [0.1, 0.15) is 24.2 Å². The van der Waals surface area contributed by atoms with E-state index >= 15 is 0 Å². The van der Waals surface area contributed by atoms with Gasteiger partial charge in [-0.25, -0.2) is 0 Å². The van der Waals surface area contributed by atoms with Crippen LogP contribution >= 0.6 is 11.8 Å². The maximum Gasteiger partial charge on any atom is 0.265 e. The van der Waals surface area contributed by atoms with E-state index in [0.29, 0.717) is 17.0 Å². The first-order valence-corrected chi connectivity index (χ1v) is 8.44. The number of carbonyl (C=O) groups is 2. The molecule has 0 radical (unpaired) electrons. The third-order valence-corrected chi connectivity index (χ3v) is 4.02. The normalized spacial score (nSPS) is 11.6. The van der Waals surface area contributed by atoms with Gasteiger partial charge >= 0.3 is 0 Å². The molecular weight excluding hydrogens is 310 g/mol. The summed E-state index contributed by atoms with van der Waals surface area (Å²) in [5.41, 5.74) is 1.14. The summed E-state index contributed by atoms with van der Waals surface area (Å²) in [6.07, 6.45) is 1.36. The Hall–Kier alpha value is -2.27. The smallest absolute Gasteiger partial charge is 0.265 e. The van der Waals surface area contributed by atoms with Crippen LogP contribution in [0.4, 0.5) is 5.69 Å². The SMILES string of the molecule is CSc1ccc(OC(C)C(=O)Nc2cccc(C(C)=O)c2)cc1. The molecule has 0 fully saturated rings. The molecule has 4 nitrogen and oxygen atoms in total. The molecule has 5 heteroatoms. The number of hydrogen-bond donors (Lipinski definition) is 1. The molecule has 1 atom stereocenters. The predicted octanol–water partition coefficient (Wildman–Crippen LogP) is 4.02. The summed E-state index contributed by atoms with van der Waals surface area (Å²) >= 11 is 1.65. The van der Waals surface area contributed by atoms with Crippen molar-refractivity contribution in [3.05, 3.63) is 54.1 Å². The Labute approximate surface area is 140 Å². The lowest BCUT2D eigenvalue weighted by Gasteiger charge is -2.15. The summed E-state index contributed by atoms with van der Waals surface area (Å²) in [7, 11) is 0. The molecule has 0 aromatic heterocycles. The highest BCUT2D eigenvalue weighted by Crippen LogP contribution is 2.20. The molecule has 1 N–H and O–H groups in total. The van der Waals surface area contributed by atoms with Crippen LogP contribution in [0.3, 0.4) is 0 Å². The average molecular weight is 329 g/mol. The van der Waals surface area contributed by atoms with Gasteiger partial charge in [0, 0.05) is 16.1 Å². The molecule has 0 bridgehead atoms. The second kappa shape index (κ2) is 7.83. The molecule has 23 heavy (non-hydrogen) atoms. The van der Waals surface area contributed by atoms with Crippen LogP contribution in [0.5, 0.6) is 5.75 Å². The fraction of sp³-hybridized carbons (Fsp3) is 0.222. The van der Waals surface area contributed by atoms with E-state index in [2.05, 4.69) is 5.32 Å². The molecule has 2 rings (SSSR count).